The molecule has 0 amide bonds. The molecule has 0 saturated heterocycles. The standard InChI is InChI=1S/C36H72O4/c1-3-5-7-9-11-13-15-17-18-19-20-21-22-24-26-28-30-32-35(38)40-36(39,34-37)33-31-29-27-25-23-16-14-12-10-8-6-4-2/h37,39H,3-34H2,1-2H3. The summed E-state index contributed by atoms with van der Waals surface area (Å²) in [5.74, 6) is -2.08. The highest BCUT2D eigenvalue weighted by Crippen LogP contribution is 2.20. The van der Waals surface area contributed by atoms with Crippen LogP contribution in [-0.4, -0.2) is 28.6 Å². The van der Waals surface area contributed by atoms with Gasteiger partial charge in [0.1, 0.15) is 6.61 Å². The van der Waals surface area contributed by atoms with Crippen molar-refractivity contribution in [3.63, 3.8) is 0 Å². The van der Waals surface area contributed by atoms with Crippen LogP contribution < -0.4 is 0 Å². The summed E-state index contributed by atoms with van der Waals surface area (Å²) in [7, 11) is 0. The topological polar surface area (TPSA) is 66.8 Å². The normalized spacial score (nSPS) is 13.0. The molecule has 0 radical (unpaired) electrons. The minimum atomic E-state index is -1.70. The second kappa shape index (κ2) is 31.3. The number of esters is 1. The molecule has 0 heterocycles. The van der Waals surface area contributed by atoms with Crippen molar-refractivity contribution in [3.05, 3.63) is 0 Å². The molecule has 2 N–H and O–H groups in total. The van der Waals surface area contributed by atoms with Gasteiger partial charge in [0.2, 0.25) is 5.79 Å². The lowest BCUT2D eigenvalue weighted by Gasteiger charge is -2.25. The van der Waals surface area contributed by atoms with E-state index in [4.69, 9.17) is 4.74 Å². The summed E-state index contributed by atoms with van der Waals surface area (Å²) >= 11 is 0. The van der Waals surface area contributed by atoms with Gasteiger partial charge in [0.15, 0.2) is 0 Å². The number of carbonyl (C=O) groups excluding carboxylic acids is 1. The van der Waals surface area contributed by atoms with Gasteiger partial charge in [0, 0.05) is 12.8 Å². The van der Waals surface area contributed by atoms with Crippen molar-refractivity contribution < 1.29 is 19.7 Å². The molecule has 0 spiro atoms. The second-order valence-electron chi connectivity index (χ2n) is 12.6. The van der Waals surface area contributed by atoms with Crippen LogP contribution in [0.2, 0.25) is 0 Å². The third-order valence-electron chi connectivity index (χ3n) is 8.46. The summed E-state index contributed by atoms with van der Waals surface area (Å²) in [6.45, 7) is 4.02. The zero-order valence-electron chi connectivity index (χ0n) is 27.3. The third-order valence-corrected chi connectivity index (χ3v) is 8.46. The number of aliphatic hydroxyl groups is 2. The summed E-state index contributed by atoms with van der Waals surface area (Å²) in [6.07, 6.45) is 37.9. The summed E-state index contributed by atoms with van der Waals surface area (Å²) < 4.78 is 5.28. The molecule has 4 nitrogen and oxygen atoms in total. The van der Waals surface area contributed by atoms with Crippen LogP contribution in [0.4, 0.5) is 0 Å². The molecular formula is C36H72O4. The van der Waals surface area contributed by atoms with Crippen molar-refractivity contribution in [2.24, 2.45) is 0 Å². The molecule has 40 heavy (non-hydrogen) atoms. The Morgan fingerprint density at radius 3 is 1.05 bits per heavy atom. The maximum atomic E-state index is 12.2. The first-order valence-electron chi connectivity index (χ1n) is 18.1. The van der Waals surface area contributed by atoms with E-state index < -0.39 is 12.4 Å². The van der Waals surface area contributed by atoms with E-state index in [1.807, 2.05) is 0 Å². The predicted molar refractivity (Wildman–Crippen MR) is 173 cm³/mol. The number of rotatable bonds is 33. The Bertz CT molecular complexity index is 509. The molecule has 0 aliphatic heterocycles. The molecule has 4 heteroatoms. The Balaban J connectivity index is 3.51. The average molecular weight is 569 g/mol. The Kier molecular flexibility index (Phi) is 30.9. The van der Waals surface area contributed by atoms with Gasteiger partial charge in [-0.15, -0.1) is 0 Å². The van der Waals surface area contributed by atoms with Gasteiger partial charge in [-0.3, -0.25) is 4.79 Å². The molecule has 0 aromatic rings. The summed E-state index contributed by atoms with van der Waals surface area (Å²) in [4.78, 5) is 12.2. The molecule has 1 unspecified atom stereocenters. The fourth-order valence-electron chi connectivity index (χ4n) is 5.66. The summed E-state index contributed by atoms with van der Waals surface area (Å²) in [5.41, 5.74) is 0. The lowest BCUT2D eigenvalue weighted by atomic mass is 10.0. The zero-order chi connectivity index (χ0) is 29.4. The lowest BCUT2D eigenvalue weighted by molar-refractivity contribution is -0.226. The molecular weight excluding hydrogens is 496 g/mol. The molecule has 0 rings (SSSR count). The number of unbranched alkanes of at least 4 members (excludes halogenated alkanes) is 27. The van der Waals surface area contributed by atoms with E-state index >= 15 is 0 Å². The van der Waals surface area contributed by atoms with Crippen molar-refractivity contribution in [2.45, 2.75) is 219 Å². The van der Waals surface area contributed by atoms with Gasteiger partial charge in [-0.2, -0.15) is 0 Å². The number of carbonyl (C=O) groups is 1. The van der Waals surface area contributed by atoms with Gasteiger partial charge in [-0.05, 0) is 12.8 Å². The SMILES string of the molecule is CCCCCCCCCCCCCCCCCCCC(=O)OC(O)(CO)CCCCCCCCCCCCCC. The molecule has 0 fully saturated rings. The predicted octanol–water partition coefficient (Wildman–Crippen LogP) is 11.3. The van der Waals surface area contributed by atoms with E-state index in [1.165, 1.54) is 148 Å². The van der Waals surface area contributed by atoms with Crippen LogP contribution in [0.1, 0.15) is 213 Å². The highest BCUT2D eigenvalue weighted by molar-refractivity contribution is 5.69. The van der Waals surface area contributed by atoms with Gasteiger partial charge >= 0.3 is 5.97 Å². The Morgan fingerprint density at radius 2 is 0.750 bits per heavy atom. The molecule has 0 aliphatic carbocycles. The first kappa shape index (κ1) is 39.4. The molecule has 0 bridgehead atoms. The first-order valence-corrected chi connectivity index (χ1v) is 18.1. The van der Waals surface area contributed by atoms with E-state index in [0.29, 0.717) is 12.8 Å². The average Bonchev–Trinajstić information content (AvgIpc) is 2.95. The first-order chi connectivity index (χ1) is 19.6. The van der Waals surface area contributed by atoms with E-state index in [2.05, 4.69) is 13.8 Å². The molecule has 240 valence electrons. The Hall–Kier alpha value is -0.610. The molecule has 1 atom stereocenters. The highest BCUT2D eigenvalue weighted by atomic mass is 16.7. The Morgan fingerprint density at radius 1 is 0.475 bits per heavy atom. The van der Waals surface area contributed by atoms with Crippen LogP contribution in [0.5, 0.6) is 0 Å². The van der Waals surface area contributed by atoms with Crippen LogP contribution in [0.15, 0.2) is 0 Å². The maximum absolute atomic E-state index is 12.2. The van der Waals surface area contributed by atoms with Crippen molar-refractivity contribution in [1.82, 2.24) is 0 Å². The minimum absolute atomic E-state index is 0.325. The molecule has 0 aromatic heterocycles. The van der Waals surface area contributed by atoms with Crippen LogP contribution in [0.3, 0.4) is 0 Å². The fraction of sp³-hybridized carbons (Fsp3) is 0.972. The number of aliphatic hydroxyl groups excluding tert-OH is 1. The van der Waals surface area contributed by atoms with Crippen LogP contribution in [0.25, 0.3) is 0 Å². The van der Waals surface area contributed by atoms with Crippen molar-refractivity contribution >= 4 is 5.97 Å². The summed E-state index contributed by atoms with van der Waals surface area (Å²) in [6, 6.07) is 0. The number of hydrogen-bond acceptors (Lipinski definition) is 4. The van der Waals surface area contributed by atoms with E-state index in [0.717, 1.165) is 38.5 Å². The van der Waals surface area contributed by atoms with E-state index in [1.54, 1.807) is 0 Å². The van der Waals surface area contributed by atoms with Gasteiger partial charge in [-0.1, -0.05) is 187 Å². The molecule has 0 aromatic carbocycles. The second-order valence-corrected chi connectivity index (χ2v) is 12.6. The van der Waals surface area contributed by atoms with Crippen LogP contribution in [-0.2, 0) is 9.53 Å². The van der Waals surface area contributed by atoms with Gasteiger partial charge in [0.25, 0.3) is 0 Å². The summed E-state index contributed by atoms with van der Waals surface area (Å²) in [5, 5.41) is 20.1. The van der Waals surface area contributed by atoms with Crippen molar-refractivity contribution in [2.75, 3.05) is 6.61 Å². The molecule has 0 aliphatic rings. The number of hydrogen-bond donors (Lipinski definition) is 2. The maximum Gasteiger partial charge on any atom is 0.308 e. The quantitative estimate of drug-likeness (QED) is 0.0469. The third kappa shape index (κ3) is 28.9. The zero-order valence-corrected chi connectivity index (χ0v) is 27.3. The largest absolute Gasteiger partial charge is 0.431 e. The van der Waals surface area contributed by atoms with Crippen LogP contribution in [0, 0.1) is 0 Å². The smallest absolute Gasteiger partial charge is 0.308 e. The van der Waals surface area contributed by atoms with E-state index in [-0.39, 0.29) is 5.97 Å². The Labute approximate surface area is 250 Å². The number of ether oxygens (including phenoxy) is 1. The fourth-order valence-corrected chi connectivity index (χ4v) is 5.66. The van der Waals surface area contributed by atoms with Gasteiger partial charge in [0.05, 0.1) is 0 Å². The van der Waals surface area contributed by atoms with E-state index in [9.17, 15) is 15.0 Å². The minimum Gasteiger partial charge on any atom is -0.431 e. The van der Waals surface area contributed by atoms with Gasteiger partial charge in [-0.25, -0.2) is 0 Å². The highest BCUT2D eigenvalue weighted by Gasteiger charge is 2.29. The molecule has 0 saturated carbocycles. The van der Waals surface area contributed by atoms with Crippen molar-refractivity contribution in [3.8, 4) is 0 Å². The van der Waals surface area contributed by atoms with Gasteiger partial charge < -0.3 is 14.9 Å². The van der Waals surface area contributed by atoms with Crippen LogP contribution >= 0.6 is 0 Å². The van der Waals surface area contributed by atoms with Crippen molar-refractivity contribution in [1.29, 1.82) is 0 Å². The lowest BCUT2D eigenvalue weighted by Crippen LogP contribution is -2.38. The monoisotopic (exact) mass is 569 g/mol.